The van der Waals surface area contributed by atoms with Gasteiger partial charge in [0.05, 0.1) is 0 Å². The minimum absolute atomic E-state index is 0.367. The van der Waals surface area contributed by atoms with Crippen LogP contribution in [0.1, 0.15) is 26.7 Å². The van der Waals surface area contributed by atoms with Crippen molar-refractivity contribution in [1.82, 2.24) is 9.80 Å². The van der Waals surface area contributed by atoms with Crippen molar-refractivity contribution in [1.29, 1.82) is 0 Å². The quantitative estimate of drug-likeness (QED) is 0.756. The summed E-state index contributed by atoms with van der Waals surface area (Å²) in [5.41, 5.74) is 6.06. The van der Waals surface area contributed by atoms with Crippen molar-refractivity contribution in [2.45, 2.75) is 32.7 Å². The van der Waals surface area contributed by atoms with Crippen LogP contribution in [-0.2, 0) is 0 Å². The molecule has 1 fully saturated rings. The van der Waals surface area contributed by atoms with E-state index in [0.717, 1.165) is 6.42 Å². The second-order valence-corrected chi connectivity index (χ2v) is 5.20. The first-order valence-corrected chi connectivity index (χ1v) is 6.26. The van der Waals surface area contributed by atoms with Crippen LogP contribution in [0.2, 0.25) is 0 Å². The Kier molecular flexibility index (Phi) is 5.58. The predicted molar refractivity (Wildman–Crippen MR) is 66.0 cm³/mol. The fourth-order valence-electron chi connectivity index (χ4n) is 1.99. The third-order valence-corrected chi connectivity index (χ3v) is 3.45. The first-order valence-electron chi connectivity index (χ1n) is 6.26. The van der Waals surface area contributed by atoms with E-state index in [9.17, 15) is 0 Å². The van der Waals surface area contributed by atoms with Crippen molar-refractivity contribution in [3.8, 4) is 0 Å². The Balaban J connectivity index is 2.20. The molecule has 1 rings (SSSR count). The minimum Gasteiger partial charge on any atom is -0.327 e. The third kappa shape index (κ3) is 4.96. The van der Waals surface area contributed by atoms with Crippen LogP contribution < -0.4 is 5.73 Å². The van der Waals surface area contributed by atoms with E-state index in [-0.39, 0.29) is 0 Å². The molecule has 0 unspecified atom stereocenters. The first-order chi connectivity index (χ1) is 7.09. The van der Waals surface area contributed by atoms with Gasteiger partial charge < -0.3 is 15.5 Å². The molecule has 0 aromatic carbocycles. The number of likely N-dealkylation sites (N-methyl/N-ethyl adjacent to an activating group) is 1. The van der Waals surface area contributed by atoms with Crippen LogP contribution in [0.4, 0.5) is 0 Å². The second-order valence-electron chi connectivity index (χ2n) is 5.20. The molecule has 1 aliphatic heterocycles. The molecule has 0 radical (unpaired) electrons. The molecule has 1 aliphatic rings. The molecular formula is C12H27N3. The lowest BCUT2D eigenvalue weighted by Gasteiger charge is -2.23. The second kappa shape index (κ2) is 6.46. The summed E-state index contributed by atoms with van der Waals surface area (Å²) in [4.78, 5) is 4.98. The van der Waals surface area contributed by atoms with Gasteiger partial charge in [0.25, 0.3) is 0 Å². The van der Waals surface area contributed by atoms with E-state index in [2.05, 4.69) is 30.7 Å². The highest BCUT2D eigenvalue weighted by Gasteiger charge is 2.14. The molecule has 0 bridgehead atoms. The molecule has 1 heterocycles. The van der Waals surface area contributed by atoms with E-state index in [4.69, 9.17) is 5.73 Å². The monoisotopic (exact) mass is 213 g/mol. The van der Waals surface area contributed by atoms with E-state index < -0.39 is 0 Å². The van der Waals surface area contributed by atoms with Gasteiger partial charge in [-0.25, -0.2) is 0 Å². The zero-order valence-corrected chi connectivity index (χ0v) is 10.6. The average Bonchev–Trinajstić information content (AvgIpc) is 2.39. The molecule has 3 heteroatoms. The van der Waals surface area contributed by atoms with Gasteiger partial charge in [-0.2, -0.15) is 0 Å². The summed E-state index contributed by atoms with van der Waals surface area (Å²) >= 11 is 0. The number of nitrogens with zero attached hydrogens (tertiary/aromatic N) is 2. The van der Waals surface area contributed by atoms with Gasteiger partial charge in [0.2, 0.25) is 0 Å². The van der Waals surface area contributed by atoms with Crippen LogP contribution in [0.5, 0.6) is 0 Å². The Hall–Kier alpha value is -0.120. The lowest BCUT2D eigenvalue weighted by Crippen LogP contribution is -2.35. The molecule has 0 aromatic heterocycles. The van der Waals surface area contributed by atoms with Crippen LogP contribution in [0, 0.1) is 5.92 Å². The van der Waals surface area contributed by atoms with Gasteiger partial charge in [-0.05, 0) is 45.4 Å². The Morgan fingerprint density at radius 1 is 1.13 bits per heavy atom. The van der Waals surface area contributed by atoms with Gasteiger partial charge in [0.1, 0.15) is 0 Å². The fraction of sp³-hybridized carbons (Fsp3) is 1.00. The van der Waals surface area contributed by atoms with Crippen molar-refractivity contribution in [2.75, 3.05) is 39.8 Å². The van der Waals surface area contributed by atoms with Crippen molar-refractivity contribution < 1.29 is 0 Å². The molecule has 90 valence electrons. The maximum atomic E-state index is 6.06. The van der Waals surface area contributed by atoms with Crippen LogP contribution in [0.3, 0.4) is 0 Å². The molecule has 0 saturated carbocycles. The first kappa shape index (κ1) is 12.9. The van der Waals surface area contributed by atoms with E-state index in [0.29, 0.717) is 12.0 Å². The highest BCUT2D eigenvalue weighted by Crippen LogP contribution is 2.06. The van der Waals surface area contributed by atoms with E-state index in [1.165, 1.54) is 39.1 Å². The van der Waals surface area contributed by atoms with E-state index >= 15 is 0 Å². The Bertz CT molecular complexity index is 170. The molecule has 3 nitrogen and oxygen atoms in total. The number of hydrogen-bond acceptors (Lipinski definition) is 3. The Labute approximate surface area is 94.6 Å². The van der Waals surface area contributed by atoms with Gasteiger partial charge in [-0.1, -0.05) is 13.8 Å². The van der Waals surface area contributed by atoms with E-state index in [1.54, 1.807) is 0 Å². The highest BCUT2D eigenvalue weighted by atomic mass is 15.2. The molecule has 1 saturated heterocycles. The smallest absolute Gasteiger partial charge is 0.0109 e. The summed E-state index contributed by atoms with van der Waals surface area (Å²) in [6, 6.07) is 0.367. The standard InChI is InChI=1S/C12H27N3/c1-11(2)12(13)5-8-15-7-4-6-14(3)9-10-15/h11-12H,4-10,13H2,1-3H3/t12-/m1/s1. The maximum Gasteiger partial charge on any atom is 0.0109 e. The van der Waals surface area contributed by atoms with Crippen LogP contribution in [-0.4, -0.2) is 55.6 Å². The summed E-state index contributed by atoms with van der Waals surface area (Å²) in [5, 5.41) is 0. The summed E-state index contributed by atoms with van der Waals surface area (Å²) in [6.07, 6.45) is 2.44. The Morgan fingerprint density at radius 3 is 2.53 bits per heavy atom. The van der Waals surface area contributed by atoms with Crippen molar-refractivity contribution >= 4 is 0 Å². The molecule has 0 amide bonds. The van der Waals surface area contributed by atoms with Crippen LogP contribution in [0.25, 0.3) is 0 Å². The zero-order valence-electron chi connectivity index (χ0n) is 10.6. The van der Waals surface area contributed by atoms with Gasteiger partial charge in [-0.15, -0.1) is 0 Å². The lowest BCUT2D eigenvalue weighted by atomic mass is 10.0. The SMILES string of the molecule is CC(C)[C@H](N)CCN1CCCN(C)CC1. The molecule has 1 atom stereocenters. The normalized spacial score (nSPS) is 23.0. The third-order valence-electron chi connectivity index (χ3n) is 3.45. The number of nitrogens with two attached hydrogens (primary N) is 1. The lowest BCUT2D eigenvalue weighted by molar-refractivity contribution is 0.258. The number of hydrogen-bond donors (Lipinski definition) is 1. The van der Waals surface area contributed by atoms with Crippen molar-refractivity contribution in [3.63, 3.8) is 0 Å². The minimum atomic E-state index is 0.367. The molecule has 2 N–H and O–H groups in total. The summed E-state index contributed by atoms with van der Waals surface area (Å²) in [5.74, 6) is 0.611. The summed E-state index contributed by atoms with van der Waals surface area (Å²) in [7, 11) is 2.21. The molecule has 0 aliphatic carbocycles. The van der Waals surface area contributed by atoms with E-state index in [1.807, 2.05) is 0 Å². The molecule has 0 aromatic rings. The zero-order chi connectivity index (χ0) is 11.3. The Morgan fingerprint density at radius 2 is 1.87 bits per heavy atom. The van der Waals surface area contributed by atoms with Crippen LogP contribution in [0.15, 0.2) is 0 Å². The summed E-state index contributed by atoms with van der Waals surface area (Å²) in [6.45, 7) is 10.5. The van der Waals surface area contributed by atoms with Crippen molar-refractivity contribution in [2.24, 2.45) is 11.7 Å². The number of rotatable bonds is 4. The van der Waals surface area contributed by atoms with Crippen molar-refractivity contribution in [3.05, 3.63) is 0 Å². The topological polar surface area (TPSA) is 32.5 Å². The maximum absolute atomic E-state index is 6.06. The van der Waals surface area contributed by atoms with Gasteiger partial charge >= 0.3 is 0 Å². The largest absolute Gasteiger partial charge is 0.327 e. The van der Waals surface area contributed by atoms with Gasteiger partial charge in [-0.3, -0.25) is 0 Å². The molecule has 15 heavy (non-hydrogen) atoms. The predicted octanol–water partition coefficient (Wildman–Crippen LogP) is 0.997. The average molecular weight is 213 g/mol. The van der Waals surface area contributed by atoms with Crippen LogP contribution >= 0.6 is 0 Å². The summed E-state index contributed by atoms with van der Waals surface area (Å²) < 4.78 is 0. The highest BCUT2D eigenvalue weighted by molar-refractivity contribution is 4.71. The van der Waals surface area contributed by atoms with Gasteiger partial charge in [0.15, 0.2) is 0 Å². The fourth-order valence-corrected chi connectivity index (χ4v) is 1.99. The molecule has 0 spiro atoms. The molecular weight excluding hydrogens is 186 g/mol. The van der Waals surface area contributed by atoms with Gasteiger partial charge in [0, 0.05) is 19.1 Å².